The van der Waals surface area contributed by atoms with Crippen LogP contribution in [0.15, 0.2) is 12.2 Å². The number of esters is 1. The van der Waals surface area contributed by atoms with Crippen LogP contribution in [0.3, 0.4) is 0 Å². The van der Waals surface area contributed by atoms with Gasteiger partial charge >= 0.3 is 5.97 Å². The van der Waals surface area contributed by atoms with E-state index in [0.717, 1.165) is 19.3 Å². The molecule has 8 atom stereocenters. The fourth-order valence-electron chi connectivity index (χ4n) is 5.43. The second-order valence-corrected chi connectivity index (χ2v) is 9.35. The third-order valence-electron chi connectivity index (χ3n) is 6.57. The summed E-state index contributed by atoms with van der Waals surface area (Å²) in [5, 5.41) is 10.0. The minimum absolute atomic E-state index is 0.0206. The largest absolute Gasteiger partial charge is 0.462 e. The van der Waals surface area contributed by atoms with Crippen molar-refractivity contribution in [2.75, 3.05) is 0 Å². The van der Waals surface area contributed by atoms with E-state index in [4.69, 9.17) is 4.74 Å². The summed E-state index contributed by atoms with van der Waals surface area (Å²) in [6.45, 7) is 9.74. The summed E-state index contributed by atoms with van der Waals surface area (Å²) in [6.07, 6.45) is 9.38. The van der Waals surface area contributed by atoms with Gasteiger partial charge in [0.1, 0.15) is 11.9 Å². The quantitative estimate of drug-likeness (QED) is 0.497. The summed E-state index contributed by atoms with van der Waals surface area (Å²) in [5.74, 6) is 2.72. The average molecular weight is 379 g/mol. The predicted molar refractivity (Wildman–Crippen MR) is 107 cm³/mol. The van der Waals surface area contributed by atoms with E-state index in [0.29, 0.717) is 41.9 Å². The number of fused-ring (bicyclic) bond motifs is 1. The Bertz CT molecular complexity index is 540. The Balaban J connectivity index is 2.01. The smallest absolute Gasteiger partial charge is 0.302 e. The summed E-state index contributed by atoms with van der Waals surface area (Å²) < 4.78 is 5.77. The predicted octanol–water partition coefficient (Wildman–Crippen LogP) is 4.55. The van der Waals surface area contributed by atoms with Gasteiger partial charge in [0.25, 0.3) is 0 Å². The van der Waals surface area contributed by atoms with Gasteiger partial charge in [0, 0.05) is 19.3 Å². The highest BCUT2D eigenvalue weighted by Gasteiger charge is 2.44. The van der Waals surface area contributed by atoms with Crippen molar-refractivity contribution in [2.45, 2.75) is 85.4 Å². The molecule has 154 valence electrons. The van der Waals surface area contributed by atoms with Crippen LogP contribution >= 0.6 is 0 Å². The highest BCUT2D eigenvalue weighted by atomic mass is 16.5. The molecule has 2 aliphatic rings. The third kappa shape index (κ3) is 6.44. The van der Waals surface area contributed by atoms with E-state index in [-0.39, 0.29) is 24.3 Å². The van der Waals surface area contributed by atoms with Crippen molar-refractivity contribution < 1.29 is 19.4 Å². The van der Waals surface area contributed by atoms with E-state index in [2.05, 4.69) is 32.9 Å². The van der Waals surface area contributed by atoms with E-state index in [1.165, 1.54) is 20.3 Å². The number of Topliss-reactive ketones (excluding diaryl/α,β-unsaturated/α-hetero) is 1. The van der Waals surface area contributed by atoms with Gasteiger partial charge in [-0.25, -0.2) is 0 Å². The Labute approximate surface area is 164 Å². The van der Waals surface area contributed by atoms with E-state index >= 15 is 0 Å². The lowest BCUT2D eigenvalue weighted by Gasteiger charge is -2.47. The van der Waals surface area contributed by atoms with Crippen LogP contribution in [0, 0.1) is 35.5 Å². The fraction of sp³-hybridized carbons (Fsp3) is 0.826. The van der Waals surface area contributed by atoms with Crippen LogP contribution in [0.4, 0.5) is 0 Å². The monoisotopic (exact) mass is 378 g/mol. The third-order valence-corrected chi connectivity index (χ3v) is 6.57. The molecular formula is C23H38O4. The summed E-state index contributed by atoms with van der Waals surface area (Å²) in [7, 11) is 0. The van der Waals surface area contributed by atoms with Crippen LogP contribution in [0.25, 0.3) is 0 Å². The molecule has 0 amide bonds. The normalized spacial score (nSPS) is 35.2. The first kappa shape index (κ1) is 22.1. The SMILES string of the molecule is CC(=O)C[C@H](O)CC(C)CC[C@H]1C(C)C=CC2CC(C)C[C@H](OC(C)=O)[C@@H]21. The highest BCUT2D eigenvalue weighted by Crippen LogP contribution is 2.47. The Kier molecular flexibility index (Phi) is 8.08. The average Bonchev–Trinajstić information content (AvgIpc) is 2.52. The molecule has 4 nitrogen and oxygen atoms in total. The molecule has 0 aliphatic heterocycles. The second kappa shape index (κ2) is 9.86. The van der Waals surface area contributed by atoms with Crippen LogP contribution in [-0.4, -0.2) is 29.1 Å². The second-order valence-electron chi connectivity index (χ2n) is 9.35. The van der Waals surface area contributed by atoms with Crippen LogP contribution in [0.2, 0.25) is 0 Å². The summed E-state index contributed by atoms with van der Waals surface area (Å²) in [6, 6.07) is 0. The zero-order valence-electron chi connectivity index (χ0n) is 17.7. The topological polar surface area (TPSA) is 63.6 Å². The molecule has 0 aromatic carbocycles. The summed E-state index contributed by atoms with van der Waals surface area (Å²) >= 11 is 0. The first-order valence-corrected chi connectivity index (χ1v) is 10.7. The molecule has 4 heteroatoms. The van der Waals surface area contributed by atoms with Crippen LogP contribution in [0.5, 0.6) is 0 Å². The van der Waals surface area contributed by atoms with Gasteiger partial charge in [-0.1, -0.05) is 39.3 Å². The molecule has 0 saturated heterocycles. The molecule has 2 rings (SSSR count). The van der Waals surface area contributed by atoms with Crippen LogP contribution < -0.4 is 0 Å². The van der Waals surface area contributed by atoms with Gasteiger partial charge < -0.3 is 9.84 Å². The molecule has 0 heterocycles. The van der Waals surface area contributed by atoms with Gasteiger partial charge in [-0.05, 0) is 62.2 Å². The molecule has 27 heavy (non-hydrogen) atoms. The Morgan fingerprint density at radius 3 is 2.52 bits per heavy atom. The molecule has 0 bridgehead atoms. The summed E-state index contributed by atoms with van der Waals surface area (Å²) in [4.78, 5) is 22.8. The van der Waals surface area contributed by atoms with Crippen LogP contribution in [-0.2, 0) is 14.3 Å². The molecule has 1 saturated carbocycles. The first-order valence-electron chi connectivity index (χ1n) is 10.7. The Morgan fingerprint density at radius 1 is 1.19 bits per heavy atom. The zero-order valence-corrected chi connectivity index (χ0v) is 17.7. The number of carbonyl (C=O) groups is 2. The van der Waals surface area contributed by atoms with Crippen molar-refractivity contribution in [1.29, 1.82) is 0 Å². The number of hydrogen-bond donors (Lipinski definition) is 1. The van der Waals surface area contributed by atoms with Gasteiger partial charge in [0.2, 0.25) is 0 Å². The molecule has 0 aromatic rings. The molecular weight excluding hydrogens is 340 g/mol. The van der Waals surface area contributed by atoms with Gasteiger partial charge in [-0.3, -0.25) is 9.59 Å². The maximum atomic E-state index is 11.7. The van der Waals surface area contributed by atoms with Crippen molar-refractivity contribution in [2.24, 2.45) is 35.5 Å². The lowest BCUT2D eigenvalue weighted by molar-refractivity contribution is -0.156. The Hall–Kier alpha value is -1.16. The molecule has 0 radical (unpaired) electrons. The minimum Gasteiger partial charge on any atom is -0.462 e. The number of aliphatic hydroxyl groups is 1. The first-order chi connectivity index (χ1) is 12.7. The van der Waals surface area contributed by atoms with Crippen molar-refractivity contribution in [3.63, 3.8) is 0 Å². The lowest BCUT2D eigenvalue weighted by Crippen LogP contribution is -2.45. The molecule has 1 fully saturated rings. The molecule has 1 N–H and O–H groups in total. The molecule has 4 unspecified atom stereocenters. The molecule has 0 spiro atoms. The van der Waals surface area contributed by atoms with Crippen molar-refractivity contribution in [1.82, 2.24) is 0 Å². The fourth-order valence-corrected chi connectivity index (χ4v) is 5.43. The van der Waals surface area contributed by atoms with Gasteiger partial charge in [0.15, 0.2) is 0 Å². The van der Waals surface area contributed by atoms with Crippen molar-refractivity contribution in [3.8, 4) is 0 Å². The van der Waals surface area contributed by atoms with Gasteiger partial charge in [-0.15, -0.1) is 0 Å². The van der Waals surface area contributed by atoms with Gasteiger partial charge in [0.05, 0.1) is 6.10 Å². The number of allylic oxidation sites excluding steroid dienone is 2. The van der Waals surface area contributed by atoms with E-state index in [1.54, 1.807) is 0 Å². The number of rotatable bonds is 8. The Morgan fingerprint density at radius 2 is 1.89 bits per heavy atom. The zero-order chi connectivity index (χ0) is 20.1. The maximum absolute atomic E-state index is 11.7. The minimum atomic E-state index is -0.529. The molecule has 2 aliphatic carbocycles. The lowest BCUT2D eigenvalue weighted by atomic mass is 9.60. The number of ether oxygens (including phenoxy) is 1. The van der Waals surface area contributed by atoms with Gasteiger partial charge in [-0.2, -0.15) is 0 Å². The maximum Gasteiger partial charge on any atom is 0.302 e. The van der Waals surface area contributed by atoms with E-state index in [1.807, 2.05) is 0 Å². The number of ketones is 1. The standard InChI is InChI=1S/C23H38O4/c1-14(11-20(26)13-17(4)24)6-9-21-16(3)7-8-19-10-15(2)12-22(23(19)21)27-18(5)25/h7-8,14-16,19-23,26H,6,9-13H2,1-5H3/t14?,15?,16?,19?,20-,21+,22+,23+/m1/s1. The number of carbonyl (C=O) groups excluding carboxylic acids is 2. The highest BCUT2D eigenvalue weighted by molar-refractivity contribution is 5.75. The van der Waals surface area contributed by atoms with E-state index in [9.17, 15) is 14.7 Å². The van der Waals surface area contributed by atoms with Crippen LogP contribution in [0.1, 0.15) is 73.1 Å². The van der Waals surface area contributed by atoms with Crippen molar-refractivity contribution >= 4 is 11.8 Å². The van der Waals surface area contributed by atoms with Crippen molar-refractivity contribution in [3.05, 3.63) is 12.2 Å². The molecule has 0 aromatic heterocycles. The summed E-state index contributed by atoms with van der Waals surface area (Å²) in [5.41, 5.74) is 0. The van der Waals surface area contributed by atoms with E-state index < -0.39 is 6.10 Å². The number of hydrogen-bond acceptors (Lipinski definition) is 4. The number of aliphatic hydroxyl groups excluding tert-OH is 1.